The van der Waals surface area contributed by atoms with Gasteiger partial charge >= 0.3 is 0 Å². The summed E-state index contributed by atoms with van der Waals surface area (Å²) in [5.74, 6) is 0. The maximum Gasteiger partial charge on any atom is 0.267 e. The molecule has 1 aromatic rings. The first-order valence-electron chi connectivity index (χ1n) is 3.61. The Morgan fingerprint density at radius 2 is 2.54 bits per heavy atom. The molecule has 0 saturated heterocycles. The predicted molar refractivity (Wildman–Crippen MR) is 60.8 cm³/mol. The van der Waals surface area contributed by atoms with Crippen molar-refractivity contribution in [3.63, 3.8) is 0 Å². The third kappa shape index (κ3) is 2.80. The molecule has 5 heteroatoms. The molecule has 0 aliphatic rings. The van der Waals surface area contributed by atoms with Crippen LogP contribution in [-0.4, -0.2) is 9.55 Å². The highest BCUT2D eigenvalue weighted by atomic mass is 127. The average molecular weight is 311 g/mol. The molecule has 0 aliphatic carbocycles. The van der Waals surface area contributed by atoms with Gasteiger partial charge in [0.1, 0.15) is 0 Å². The number of nitrogens with zero attached hydrogens (tertiary/aromatic N) is 2. The van der Waals surface area contributed by atoms with Crippen molar-refractivity contribution in [2.45, 2.75) is 13.5 Å². The number of aromatic nitrogens is 2. The molecule has 0 bridgehead atoms. The number of halogens is 2. The van der Waals surface area contributed by atoms with Gasteiger partial charge in [0.05, 0.1) is 9.90 Å². The zero-order chi connectivity index (χ0) is 9.84. The van der Waals surface area contributed by atoms with Crippen LogP contribution in [0, 0.1) is 3.57 Å². The van der Waals surface area contributed by atoms with Crippen molar-refractivity contribution in [1.82, 2.24) is 9.55 Å². The van der Waals surface area contributed by atoms with Crippen LogP contribution in [0.4, 0.5) is 0 Å². The van der Waals surface area contributed by atoms with Crippen molar-refractivity contribution >= 4 is 34.2 Å². The van der Waals surface area contributed by atoms with Crippen LogP contribution in [-0.2, 0) is 6.54 Å². The quantitative estimate of drug-likeness (QED) is 0.783. The standard InChI is InChI=1S/C8H8ClIN2O/c1-6(2-9)4-12-5-11-3-7(10)8(12)13/h2-3,5H,4H2,1H3/b6-2-. The van der Waals surface area contributed by atoms with E-state index in [4.69, 9.17) is 11.6 Å². The summed E-state index contributed by atoms with van der Waals surface area (Å²) in [6.45, 7) is 2.35. The first-order valence-corrected chi connectivity index (χ1v) is 5.12. The molecule has 0 amide bonds. The summed E-state index contributed by atoms with van der Waals surface area (Å²) in [6, 6.07) is 0. The Kier molecular flexibility index (Phi) is 3.92. The minimum Gasteiger partial charge on any atom is -0.294 e. The Balaban J connectivity index is 3.03. The van der Waals surface area contributed by atoms with Crippen LogP contribution < -0.4 is 5.56 Å². The van der Waals surface area contributed by atoms with E-state index in [1.54, 1.807) is 6.20 Å². The van der Waals surface area contributed by atoms with E-state index in [-0.39, 0.29) is 5.56 Å². The van der Waals surface area contributed by atoms with Gasteiger partial charge in [-0.1, -0.05) is 11.6 Å². The summed E-state index contributed by atoms with van der Waals surface area (Å²) < 4.78 is 2.14. The molecule has 1 rings (SSSR count). The van der Waals surface area contributed by atoms with E-state index in [1.807, 2.05) is 29.5 Å². The summed E-state index contributed by atoms with van der Waals surface area (Å²) in [5, 5.41) is 0. The molecule has 0 atom stereocenters. The maximum absolute atomic E-state index is 11.5. The molecule has 0 unspecified atom stereocenters. The topological polar surface area (TPSA) is 34.9 Å². The van der Waals surface area contributed by atoms with Crippen LogP contribution in [0.15, 0.2) is 28.4 Å². The smallest absolute Gasteiger partial charge is 0.267 e. The third-order valence-corrected chi connectivity index (χ3v) is 2.58. The fraction of sp³-hybridized carbons (Fsp3) is 0.250. The van der Waals surface area contributed by atoms with Gasteiger partial charge in [-0.15, -0.1) is 0 Å². The van der Waals surface area contributed by atoms with Crippen molar-refractivity contribution in [2.75, 3.05) is 0 Å². The van der Waals surface area contributed by atoms with Crippen LogP contribution in [0.5, 0.6) is 0 Å². The van der Waals surface area contributed by atoms with Gasteiger partial charge in [0, 0.05) is 18.3 Å². The lowest BCUT2D eigenvalue weighted by Gasteiger charge is -2.03. The highest BCUT2D eigenvalue weighted by molar-refractivity contribution is 14.1. The number of hydrogen-bond acceptors (Lipinski definition) is 2. The van der Waals surface area contributed by atoms with Crippen molar-refractivity contribution in [1.29, 1.82) is 0 Å². The second-order valence-electron chi connectivity index (χ2n) is 2.63. The first kappa shape index (κ1) is 10.7. The number of hydrogen-bond donors (Lipinski definition) is 0. The first-order chi connectivity index (χ1) is 6.15. The Labute approximate surface area is 94.6 Å². The van der Waals surface area contributed by atoms with Crippen molar-refractivity contribution in [3.8, 4) is 0 Å². The van der Waals surface area contributed by atoms with E-state index < -0.39 is 0 Å². The summed E-state index contributed by atoms with van der Waals surface area (Å²) >= 11 is 7.45. The van der Waals surface area contributed by atoms with Gasteiger partial charge in [-0.2, -0.15) is 0 Å². The summed E-state index contributed by atoms with van der Waals surface area (Å²) in [6.07, 6.45) is 3.05. The van der Waals surface area contributed by atoms with Crippen LogP contribution in [0.1, 0.15) is 6.92 Å². The normalized spacial score (nSPS) is 11.8. The predicted octanol–water partition coefficient (Wildman–Crippen LogP) is 1.99. The van der Waals surface area contributed by atoms with E-state index in [2.05, 4.69) is 4.98 Å². The Bertz CT molecular complexity index is 386. The van der Waals surface area contributed by atoms with Crippen LogP contribution in [0.3, 0.4) is 0 Å². The Hall–Kier alpha value is -0.360. The van der Waals surface area contributed by atoms with Crippen molar-refractivity contribution < 1.29 is 0 Å². The molecule has 13 heavy (non-hydrogen) atoms. The van der Waals surface area contributed by atoms with E-state index in [9.17, 15) is 4.79 Å². The van der Waals surface area contributed by atoms with Gasteiger partial charge in [-0.25, -0.2) is 4.98 Å². The van der Waals surface area contributed by atoms with Gasteiger partial charge in [0.25, 0.3) is 5.56 Å². The molecule has 0 aromatic carbocycles. The van der Waals surface area contributed by atoms with Gasteiger partial charge in [-0.3, -0.25) is 9.36 Å². The fourth-order valence-corrected chi connectivity index (χ4v) is 1.38. The molecule has 1 aromatic heterocycles. The molecular formula is C8H8ClIN2O. The zero-order valence-corrected chi connectivity index (χ0v) is 9.91. The molecule has 0 saturated carbocycles. The molecule has 0 aliphatic heterocycles. The largest absolute Gasteiger partial charge is 0.294 e. The second-order valence-corrected chi connectivity index (χ2v) is 4.01. The average Bonchev–Trinajstić information content (AvgIpc) is 2.13. The van der Waals surface area contributed by atoms with Gasteiger partial charge in [0.2, 0.25) is 0 Å². The highest BCUT2D eigenvalue weighted by Crippen LogP contribution is 1.99. The van der Waals surface area contributed by atoms with Gasteiger partial charge in [0.15, 0.2) is 0 Å². The summed E-state index contributed by atoms with van der Waals surface area (Å²) in [5.41, 5.74) is 2.35. The lowest BCUT2D eigenvalue weighted by molar-refractivity contribution is 0.720. The number of allylic oxidation sites excluding steroid dienone is 1. The van der Waals surface area contributed by atoms with E-state index in [0.717, 1.165) is 5.57 Å². The zero-order valence-electron chi connectivity index (χ0n) is 7.00. The third-order valence-electron chi connectivity index (χ3n) is 1.47. The molecule has 0 radical (unpaired) electrons. The van der Waals surface area contributed by atoms with E-state index in [0.29, 0.717) is 10.1 Å². The Morgan fingerprint density at radius 3 is 3.15 bits per heavy atom. The molecule has 0 fully saturated rings. The lowest BCUT2D eigenvalue weighted by Crippen LogP contribution is -2.22. The molecule has 1 heterocycles. The minimum absolute atomic E-state index is 0.0338. The second kappa shape index (κ2) is 4.76. The molecule has 0 spiro atoms. The molecular weight excluding hydrogens is 302 g/mol. The highest BCUT2D eigenvalue weighted by Gasteiger charge is 2.00. The minimum atomic E-state index is -0.0338. The Morgan fingerprint density at radius 1 is 1.85 bits per heavy atom. The van der Waals surface area contributed by atoms with Crippen LogP contribution >= 0.6 is 34.2 Å². The van der Waals surface area contributed by atoms with Crippen LogP contribution in [0.2, 0.25) is 0 Å². The molecule has 0 N–H and O–H groups in total. The van der Waals surface area contributed by atoms with Crippen LogP contribution in [0.25, 0.3) is 0 Å². The lowest BCUT2D eigenvalue weighted by atomic mass is 10.3. The number of rotatable bonds is 2. The molecule has 3 nitrogen and oxygen atoms in total. The molecule has 70 valence electrons. The summed E-state index contributed by atoms with van der Waals surface area (Å²) in [4.78, 5) is 15.4. The van der Waals surface area contributed by atoms with E-state index >= 15 is 0 Å². The van der Waals surface area contributed by atoms with Crippen molar-refractivity contribution in [2.24, 2.45) is 0 Å². The fourth-order valence-electron chi connectivity index (χ4n) is 0.840. The van der Waals surface area contributed by atoms with Gasteiger partial charge in [-0.05, 0) is 35.1 Å². The van der Waals surface area contributed by atoms with Gasteiger partial charge < -0.3 is 0 Å². The van der Waals surface area contributed by atoms with E-state index in [1.165, 1.54) is 16.4 Å². The maximum atomic E-state index is 11.5. The summed E-state index contributed by atoms with van der Waals surface area (Å²) in [7, 11) is 0. The van der Waals surface area contributed by atoms with Crippen molar-refractivity contribution in [3.05, 3.63) is 37.6 Å². The monoisotopic (exact) mass is 310 g/mol. The SMILES string of the molecule is C/C(=C/Cl)Cn1cncc(I)c1=O.